The number of nitrogens with zero attached hydrogens (tertiary/aromatic N) is 1. The summed E-state index contributed by atoms with van der Waals surface area (Å²) in [6.45, 7) is 7.70. The molecule has 0 atom stereocenters. The highest BCUT2D eigenvalue weighted by atomic mass is 32.1. The number of nitrogens with one attached hydrogen (secondary N) is 1. The largest absolute Gasteiger partial charge is 0.490 e. The molecule has 0 fully saturated rings. The fraction of sp³-hybridized carbons (Fsp3) is 0.545. The highest BCUT2D eigenvalue weighted by Crippen LogP contribution is 2.39. The summed E-state index contributed by atoms with van der Waals surface area (Å²) >= 11 is 1.79. The van der Waals surface area contributed by atoms with Gasteiger partial charge in [-0.2, -0.15) is 0 Å². The minimum Gasteiger partial charge on any atom is -0.490 e. The average Bonchev–Trinajstić information content (AvgIpc) is 3.13. The molecule has 2 aromatic rings. The van der Waals surface area contributed by atoms with Crippen molar-refractivity contribution in [2.75, 3.05) is 26.4 Å². The molecule has 3 rings (SSSR count). The highest BCUT2D eigenvalue weighted by molar-refractivity contribution is 7.11. The quantitative estimate of drug-likeness (QED) is 0.626. The van der Waals surface area contributed by atoms with Crippen molar-refractivity contribution < 1.29 is 19.0 Å². The Bertz CT molecular complexity index is 784. The van der Waals surface area contributed by atoms with E-state index in [0.29, 0.717) is 49.2 Å². The smallest absolute Gasteiger partial charge is 0.251 e. The molecule has 1 aliphatic carbocycles. The van der Waals surface area contributed by atoms with Gasteiger partial charge in [0.05, 0.1) is 30.5 Å². The van der Waals surface area contributed by atoms with Gasteiger partial charge in [0, 0.05) is 23.4 Å². The Labute approximate surface area is 176 Å². The lowest BCUT2D eigenvalue weighted by molar-refractivity contribution is 0.0953. The number of ether oxygens (including phenoxy) is 3. The summed E-state index contributed by atoms with van der Waals surface area (Å²) in [5.41, 5.74) is 1.76. The number of carbonyl (C=O) groups excluding carboxylic acids is 1. The molecule has 0 spiro atoms. The zero-order valence-corrected chi connectivity index (χ0v) is 18.3. The lowest BCUT2D eigenvalue weighted by atomic mass is 10.0. The molecule has 0 saturated carbocycles. The fourth-order valence-electron chi connectivity index (χ4n) is 3.42. The molecular formula is C22H30N2O4S. The van der Waals surface area contributed by atoms with Gasteiger partial charge in [-0.15, -0.1) is 11.3 Å². The zero-order valence-electron chi connectivity index (χ0n) is 17.5. The molecule has 1 N–H and O–H groups in total. The van der Waals surface area contributed by atoms with Gasteiger partial charge in [-0.3, -0.25) is 4.79 Å². The minimum atomic E-state index is -0.156. The summed E-state index contributed by atoms with van der Waals surface area (Å²) in [7, 11) is 0. The number of aryl methyl sites for hydroxylation is 2. The molecule has 0 aliphatic heterocycles. The number of amides is 1. The second kappa shape index (κ2) is 10.5. The summed E-state index contributed by atoms with van der Waals surface area (Å²) in [6, 6.07) is 3.43. The number of fused-ring (bicyclic) bond motifs is 1. The summed E-state index contributed by atoms with van der Waals surface area (Å²) in [5, 5.41) is 4.10. The molecule has 1 aromatic carbocycles. The average molecular weight is 419 g/mol. The van der Waals surface area contributed by atoms with Crippen molar-refractivity contribution in [3.63, 3.8) is 0 Å². The van der Waals surface area contributed by atoms with E-state index in [4.69, 9.17) is 19.2 Å². The molecular weight excluding hydrogens is 388 g/mol. The van der Waals surface area contributed by atoms with Crippen molar-refractivity contribution in [3.8, 4) is 17.2 Å². The zero-order chi connectivity index (χ0) is 20.6. The Morgan fingerprint density at radius 2 is 1.69 bits per heavy atom. The lowest BCUT2D eigenvalue weighted by Crippen LogP contribution is -2.25. The van der Waals surface area contributed by atoms with Gasteiger partial charge < -0.3 is 19.5 Å². The summed E-state index contributed by atoms with van der Waals surface area (Å²) < 4.78 is 17.1. The van der Waals surface area contributed by atoms with Gasteiger partial charge >= 0.3 is 0 Å². The Hall–Kier alpha value is -2.28. The number of rotatable bonds is 10. The van der Waals surface area contributed by atoms with Crippen LogP contribution in [0.4, 0.5) is 0 Å². The second-order valence-electron chi connectivity index (χ2n) is 6.79. The van der Waals surface area contributed by atoms with Crippen molar-refractivity contribution in [2.24, 2.45) is 0 Å². The lowest BCUT2D eigenvalue weighted by Gasteiger charge is -2.17. The van der Waals surface area contributed by atoms with Gasteiger partial charge in [-0.25, -0.2) is 4.98 Å². The molecule has 1 amide bonds. The molecule has 158 valence electrons. The minimum absolute atomic E-state index is 0.156. The van der Waals surface area contributed by atoms with E-state index in [9.17, 15) is 4.79 Å². The third-order valence-corrected chi connectivity index (χ3v) is 5.90. The molecule has 6 nitrogen and oxygen atoms in total. The predicted molar refractivity (Wildman–Crippen MR) is 115 cm³/mol. The second-order valence-corrected chi connectivity index (χ2v) is 7.96. The van der Waals surface area contributed by atoms with Crippen LogP contribution in [0, 0.1) is 0 Å². The maximum Gasteiger partial charge on any atom is 0.251 e. The molecule has 29 heavy (non-hydrogen) atoms. The van der Waals surface area contributed by atoms with Crippen LogP contribution in [0.5, 0.6) is 17.2 Å². The van der Waals surface area contributed by atoms with E-state index >= 15 is 0 Å². The van der Waals surface area contributed by atoms with E-state index in [1.807, 2.05) is 20.8 Å². The van der Waals surface area contributed by atoms with Gasteiger partial charge in [-0.05, 0) is 58.6 Å². The number of aromatic nitrogens is 1. The molecule has 0 saturated heterocycles. The topological polar surface area (TPSA) is 69.7 Å². The van der Waals surface area contributed by atoms with Crippen molar-refractivity contribution >= 4 is 17.2 Å². The molecule has 1 aliphatic rings. The predicted octanol–water partition coefficient (Wildman–Crippen LogP) is 4.19. The van der Waals surface area contributed by atoms with E-state index in [1.54, 1.807) is 23.5 Å². The SMILES string of the molecule is CCOc1cc(C(=O)NCCc2nc3c(s2)CCCC3)cc(OCC)c1OCC. The van der Waals surface area contributed by atoms with Crippen LogP contribution in [0.25, 0.3) is 0 Å². The van der Waals surface area contributed by atoms with Gasteiger partial charge in [-0.1, -0.05) is 0 Å². The van der Waals surface area contributed by atoms with Gasteiger partial charge in [0.2, 0.25) is 5.75 Å². The van der Waals surface area contributed by atoms with E-state index < -0.39 is 0 Å². The van der Waals surface area contributed by atoms with Crippen LogP contribution in [0.2, 0.25) is 0 Å². The molecule has 0 bridgehead atoms. The molecule has 7 heteroatoms. The van der Waals surface area contributed by atoms with Crippen LogP contribution < -0.4 is 19.5 Å². The molecule has 0 unspecified atom stereocenters. The van der Waals surface area contributed by atoms with Crippen LogP contribution in [0.15, 0.2) is 12.1 Å². The van der Waals surface area contributed by atoms with E-state index in [2.05, 4.69) is 5.32 Å². The third kappa shape index (κ3) is 5.41. The van der Waals surface area contributed by atoms with Crippen molar-refractivity contribution in [1.29, 1.82) is 0 Å². The monoisotopic (exact) mass is 418 g/mol. The Kier molecular flexibility index (Phi) is 7.75. The van der Waals surface area contributed by atoms with E-state index in [-0.39, 0.29) is 5.91 Å². The van der Waals surface area contributed by atoms with Crippen molar-refractivity contribution in [1.82, 2.24) is 10.3 Å². The van der Waals surface area contributed by atoms with E-state index in [1.165, 1.54) is 23.4 Å². The highest BCUT2D eigenvalue weighted by Gasteiger charge is 2.19. The van der Waals surface area contributed by atoms with Crippen LogP contribution in [-0.4, -0.2) is 37.3 Å². The van der Waals surface area contributed by atoms with Crippen LogP contribution >= 0.6 is 11.3 Å². The molecule has 1 aromatic heterocycles. The summed E-state index contributed by atoms with van der Waals surface area (Å²) in [4.78, 5) is 18.9. The number of carbonyl (C=O) groups is 1. The Morgan fingerprint density at radius 1 is 1.03 bits per heavy atom. The maximum absolute atomic E-state index is 12.7. The first-order valence-corrected chi connectivity index (χ1v) is 11.3. The van der Waals surface area contributed by atoms with Crippen molar-refractivity contribution in [3.05, 3.63) is 33.3 Å². The summed E-state index contributed by atoms with van der Waals surface area (Å²) in [6.07, 6.45) is 5.47. The number of hydrogen-bond donors (Lipinski definition) is 1. The normalized spacial score (nSPS) is 12.9. The Morgan fingerprint density at radius 3 is 2.31 bits per heavy atom. The van der Waals surface area contributed by atoms with Gasteiger partial charge in [0.1, 0.15) is 0 Å². The maximum atomic E-state index is 12.7. The first-order chi connectivity index (χ1) is 14.2. The summed E-state index contributed by atoms with van der Waals surface area (Å²) in [5.74, 6) is 1.44. The third-order valence-electron chi connectivity index (χ3n) is 4.69. The Balaban J connectivity index is 1.68. The first-order valence-electron chi connectivity index (χ1n) is 10.5. The van der Waals surface area contributed by atoms with E-state index in [0.717, 1.165) is 24.3 Å². The first kappa shape index (κ1) is 21.4. The van der Waals surface area contributed by atoms with Gasteiger partial charge in [0.15, 0.2) is 11.5 Å². The van der Waals surface area contributed by atoms with Crippen molar-refractivity contribution in [2.45, 2.75) is 52.9 Å². The van der Waals surface area contributed by atoms with Crippen LogP contribution in [-0.2, 0) is 19.3 Å². The standard InChI is InChI=1S/C22H30N2O4S/c1-4-26-17-13-15(14-18(27-5-2)21(17)28-6-3)22(25)23-12-11-20-24-16-9-7-8-10-19(16)29-20/h13-14H,4-12H2,1-3H3,(H,23,25). The number of hydrogen-bond acceptors (Lipinski definition) is 6. The number of benzene rings is 1. The van der Waals surface area contributed by atoms with Crippen LogP contribution in [0.3, 0.4) is 0 Å². The molecule has 1 heterocycles. The number of thiazole rings is 1. The fourth-order valence-corrected chi connectivity index (χ4v) is 4.57. The molecule has 0 radical (unpaired) electrons. The van der Waals surface area contributed by atoms with Crippen LogP contribution in [0.1, 0.15) is 59.5 Å². The van der Waals surface area contributed by atoms with Gasteiger partial charge in [0.25, 0.3) is 5.91 Å².